The fourth-order valence-corrected chi connectivity index (χ4v) is 5.24. The summed E-state index contributed by atoms with van der Waals surface area (Å²) in [7, 11) is 0. The first-order valence-corrected chi connectivity index (χ1v) is 11.5. The number of hydrogen-bond donors (Lipinski definition) is 0. The van der Waals surface area contributed by atoms with Crippen molar-refractivity contribution in [3.63, 3.8) is 0 Å². The molecule has 0 bridgehead atoms. The van der Waals surface area contributed by atoms with Crippen molar-refractivity contribution in [2.75, 3.05) is 11.4 Å². The molecule has 5 nitrogen and oxygen atoms in total. The Morgan fingerprint density at radius 1 is 1.13 bits per heavy atom. The van der Waals surface area contributed by atoms with Crippen LogP contribution in [0.15, 0.2) is 64.5 Å². The van der Waals surface area contributed by atoms with E-state index in [0.717, 1.165) is 31.4 Å². The molecule has 1 aliphatic rings. The molecule has 1 aromatic heterocycles. The van der Waals surface area contributed by atoms with Gasteiger partial charge in [0.2, 0.25) is 5.91 Å². The minimum absolute atomic E-state index is 0.00468. The summed E-state index contributed by atoms with van der Waals surface area (Å²) in [5, 5.41) is 0.939. The first-order valence-electron chi connectivity index (χ1n) is 10.6. The van der Waals surface area contributed by atoms with Crippen LogP contribution in [-0.4, -0.2) is 27.3 Å². The maximum absolute atomic E-state index is 13.3. The van der Waals surface area contributed by atoms with Crippen LogP contribution in [0.4, 0.5) is 5.69 Å². The van der Waals surface area contributed by atoms with Gasteiger partial charge in [-0.1, -0.05) is 54.9 Å². The van der Waals surface area contributed by atoms with Crippen LogP contribution in [0.3, 0.4) is 0 Å². The summed E-state index contributed by atoms with van der Waals surface area (Å²) in [5.41, 5.74) is 1.58. The Bertz CT molecular complexity index is 1090. The smallest absolute Gasteiger partial charge is 0.262 e. The highest BCUT2D eigenvalue weighted by Gasteiger charge is 2.27. The van der Waals surface area contributed by atoms with Gasteiger partial charge >= 0.3 is 0 Å². The number of para-hydroxylation sites is 2. The van der Waals surface area contributed by atoms with Crippen LogP contribution in [0.2, 0.25) is 0 Å². The Kier molecular flexibility index (Phi) is 6.23. The quantitative estimate of drug-likeness (QED) is 0.413. The number of nitrogens with zero attached hydrogens (tertiary/aromatic N) is 3. The molecule has 1 unspecified atom stereocenters. The summed E-state index contributed by atoms with van der Waals surface area (Å²) in [6, 6.07) is 17.4. The molecule has 2 aromatic carbocycles. The monoisotopic (exact) mass is 421 g/mol. The lowest BCUT2D eigenvalue weighted by atomic mass is 10.2. The molecular formula is C24H27N3O2S. The predicted molar refractivity (Wildman–Crippen MR) is 123 cm³/mol. The van der Waals surface area contributed by atoms with E-state index in [-0.39, 0.29) is 22.8 Å². The third-order valence-corrected chi connectivity index (χ3v) is 6.80. The summed E-state index contributed by atoms with van der Waals surface area (Å²) in [5.74, 6) is 0.0223. The summed E-state index contributed by atoms with van der Waals surface area (Å²) in [6.07, 6.45) is 4.22. The average molecular weight is 422 g/mol. The van der Waals surface area contributed by atoms with Crippen molar-refractivity contribution in [1.82, 2.24) is 9.55 Å². The molecule has 0 N–H and O–H groups in total. The fraction of sp³-hybridized carbons (Fsp3) is 0.375. The van der Waals surface area contributed by atoms with Gasteiger partial charge in [0.05, 0.1) is 16.2 Å². The molecule has 3 aromatic rings. The number of carbonyl (C=O) groups is 1. The molecule has 156 valence electrons. The third kappa shape index (κ3) is 4.01. The number of rotatable bonds is 6. The number of benzene rings is 2. The van der Waals surface area contributed by atoms with Crippen LogP contribution >= 0.6 is 11.8 Å². The highest BCUT2D eigenvalue weighted by atomic mass is 32.2. The van der Waals surface area contributed by atoms with E-state index in [1.807, 2.05) is 73.0 Å². The van der Waals surface area contributed by atoms with E-state index in [1.54, 1.807) is 4.90 Å². The summed E-state index contributed by atoms with van der Waals surface area (Å²) in [4.78, 5) is 33.2. The van der Waals surface area contributed by atoms with Crippen LogP contribution < -0.4 is 10.5 Å². The third-order valence-electron chi connectivity index (χ3n) is 5.75. The van der Waals surface area contributed by atoms with Gasteiger partial charge in [0.1, 0.15) is 0 Å². The van der Waals surface area contributed by atoms with Gasteiger partial charge in [0, 0.05) is 18.3 Å². The summed E-state index contributed by atoms with van der Waals surface area (Å²) < 4.78 is 1.85. The summed E-state index contributed by atoms with van der Waals surface area (Å²) >= 11 is 1.39. The van der Waals surface area contributed by atoms with Crippen molar-refractivity contribution in [3.8, 4) is 0 Å². The van der Waals surface area contributed by atoms with E-state index in [4.69, 9.17) is 4.98 Å². The molecule has 0 aliphatic heterocycles. The van der Waals surface area contributed by atoms with Crippen LogP contribution in [0.1, 0.15) is 45.6 Å². The van der Waals surface area contributed by atoms with Crippen LogP contribution in [0, 0.1) is 0 Å². The maximum Gasteiger partial charge on any atom is 0.262 e. The van der Waals surface area contributed by atoms with Gasteiger partial charge in [-0.15, -0.1) is 0 Å². The van der Waals surface area contributed by atoms with Crippen molar-refractivity contribution in [2.24, 2.45) is 0 Å². The van der Waals surface area contributed by atoms with Crippen molar-refractivity contribution in [3.05, 3.63) is 65.0 Å². The number of thioether (sulfide) groups is 1. The molecule has 6 heteroatoms. The molecule has 0 radical (unpaired) electrons. The number of fused-ring (bicyclic) bond motifs is 1. The number of anilines is 1. The predicted octanol–water partition coefficient (Wildman–Crippen LogP) is 5.05. The van der Waals surface area contributed by atoms with Gasteiger partial charge in [-0.05, 0) is 51.0 Å². The van der Waals surface area contributed by atoms with Crippen LogP contribution in [0.25, 0.3) is 10.9 Å². The van der Waals surface area contributed by atoms with Crippen molar-refractivity contribution in [2.45, 2.75) is 56.0 Å². The Labute approximate surface area is 181 Å². The number of carbonyl (C=O) groups excluding carboxylic acids is 1. The molecule has 1 saturated carbocycles. The molecule has 1 amide bonds. The topological polar surface area (TPSA) is 55.2 Å². The van der Waals surface area contributed by atoms with Gasteiger partial charge in [-0.3, -0.25) is 14.2 Å². The maximum atomic E-state index is 13.3. The normalized spacial score (nSPS) is 15.4. The lowest BCUT2D eigenvalue weighted by Gasteiger charge is -2.25. The van der Waals surface area contributed by atoms with E-state index < -0.39 is 0 Å². The number of aromatic nitrogens is 2. The standard InChI is InChI=1S/C24H27N3O2S/c1-3-26(18-11-5-4-6-12-18)22(28)17(2)30-24-25-21-16-10-9-15-20(21)23(29)27(24)19-13-7-8-14-19/h4-6,9-12,15-17,19H,3,7-8,13-14H2,1-2H3. The van der Waals surface area contributed by atoms with Gasteiger partial charge in [-0.25, -0.2) is 4.98 Å². The van der Waals surface area contributed by atoms with Gasteiger partial charge in [0.25, 0.3) is 5.56 Å². The van der Waals surface area contributed by atoms with Crippen LogP contribution in [0.5, 0.6) is 0 Å². The van der Waals surface area contributed by atoms with Gasteiger partial charge in [0.15, 0.2) is 5.16 Å². The Balaban J connectivity index is 1.69. The Morgan fingerprint density at radius 3 is 2.50 bits per heavy atom. The second-order valence-corrected chi connectivity index (χ2v) is 9.01. The van der Waals surface area contributed by atoms with E-state index in [9.17, 15) is 9.59 Å². The lowest BCUT2D eigenvalue weighted by Crippen LogP contribution is -2.37. The minimum Gasteiger partial charge on any atom is -0.312 e. The molecule has 1 fully saturated rings. The summed E-state index contributed by atoms with van der Waals surface area (Å²) in [6.45, 7) is 4.47. The largest absolute Gasteiger partial charge is 0.312 e. The lowest BCUT2D eigenvalue weighted by molar-refractivity contribution is -0.117. The molecule has 0 spiro atoms. The Hall–Kier alpha value is -2.60. The van der Waals surface area contributed by atoms with E-state index in [0.29, 0.717) is 22.6 Å². The second-order valence-electron chi connectivity index (χ2n) is 7.70. The van der Waals surface area contributed by atoms with Crippen molar-refractivity contribution < 1.29 is 4.79 Å². The highest BCUT2D eigenvalue weighted by Crippen LogP contribution is 2.34. The Morgan fingerprint density at radius 2 is 1.80 bits per heavy atom. The van der Waals surface area contributed by atoms with E-state index >= 15 is 0 Å². The van der Waals surface area contributed by atoms with E-state index in [2.05, 4.69) is 0 Å². The molecule has 1 heterocycles. The molecule has 1 aliphatic carbocycles. The van der Waals surface area contributed by atoms with Gasteiger partial charge in [-0.2, -0.15) is 0 Å². The zero-order valence-electron chi connectivity index (χ0n) is 17.5. The molecule has 4 rings (SSSR count). The fourth-order valence-electron chi connectivity index (χ4n) is 4.19. The molecule has 30 heavy (non-hydrogen) atoms. The molecule has 1 atom stereocenters. The first-order chi connectivity index (χ1) is 14.6. The van der Waals surface area contributed by atoms with Crippen molar-refractivity contribution in [1.29, 1.82) is 0 Å². The second kappa shape index (κ2) is 9.04. The number of amides is 1. The highest BCUT2D eigenvalue weighted by molar-refractivity contribution is 8.00. The minimum atomic E-state index is -0.356. The van der Waals surface area contributed by atoms with Crippen LogP contribution in [-0.2, 0) is 4.79 Å². The molecule has 0 saturated heterocycles. The first kappa shape index (κ1) is 20.7. The van der Waals surface area contributed by atoms with E-state index in [1.165, 1.54) is 11.8 Å². The van der Waals surface area contributed by atoms with Crippen molar-refractivity contribution >= 4 is 34.3 Å². The number of hydrogen-bond acceptors (Lipinski definition) is 4. The zero-order chi connectivity index (χ0) is 21.1. The molecular weight excluding hydrogens is 394 g/mol. The average Bonchev–Trinajstić information content (AvgIpc) is 3.29. The SMILES string of the molecule is CCN(C(=O)C(C)Sc1nc2ccccc2c(=O)n1C1CCCC1)c1ccccc1. The zero-order valence-corrected chi connectivity index (χ0v) is 18.3. The van der Waals surface area contributed by atoms with Gasteiger partial charge < -0.3 is 4.90 Å².